The van der Waals surface area contributed by atoms with Gasteiger partial charge in [0.25, 0.3) is 0 Å². The van der Waals surface area contributed by atoms with Gasteiger partial charge in [0, 0.05) is 51.2 Å². The summed E-state index contributed by atoms with van der Waals surface area (Å²) in [6.07, 6.45) is 4.91. The first-order valence-electron chi connectivity index (χ1n) is 6.61. The van der Waals surface area contributed by atoms with Crippen molar-refractivity contribution in [1.29, 1.82) is 0 Å². The molecular weight excluding hydrogens is 210 g/mol. The predicted octanol–water partition coefficient (Wildman–Crippen LogP) is 1.65. The third-order valence-electron chi connectivity index (χ3n) is 3.60. The lowest BCUT2D eigenvalue weighted by Gasteiger charge is -2.36. The normalized spacial score (nSPS) is 18.8. The summed E-state index contributed by atoms with van der Waals surface area (Å²) in [6, 6.07) is 4.92. The molecule has 0 aliphatic carbocycles. The minimum absolute atomic E-state index is 0.692. The minimum atomic E-state index is 0.692. The zero-order chi connectivity index (χ0) is 12.1. The summed E-state index contributed by atoms with van der Waals surface area (Å²) in [5.41, 5.74) is 1.39. The van der Waals surface area contributed by atoms with Crippen molar-refractivity contribution in [1.82, 2.24) is 14.8 Å². The van der Waals surface area contributed by atoms with Crippen molar-refractivity contribution in [2.24, 2.45) is 0 Å². The minimum Gasteiger partial charge on any atom is -0.300 e. The summed E-state index contributed by atoms with van der Waals surface area (Å²) in [4.78, 5) is 9.18. The second-order valence-corrected chi connectivity index (χ2v) is 5.08. The quantitative estimate of drug-likeness (QED) is 0.788. The van der Waals surface area contributed by atoms with Crippen LogP contribution in [0.25, 0.3) is 0 Å². The molecule has 2 rings (SSSR count). The van der Waals surface area contributed by atoms with Gasteiger partial charge in [-0.05, 0) is 38.0 Å². The Labute approximate surface area is 104 Å². The molecule has 3 heteroatoms. The summed E-state index contributed by atoms with van der Waals surface area (Å²) in [5.74, 6) is 0. The number of piperazine rings is 1. The Morgan fingerprint density at radius 3 is 2.35 bits per heavy atom. The summed E-state index contributed by atoms with van der Waals surface area (Å²) in [5, 5.41) is 0. The van der Waals surface area contributed by atoms with Crippen LogP contribution in [-0.2, 0) is 6.42 Å². The standard InChI is InChI=1S/C14H23N3/c1-13(2)17-11-9-16(10-12-17)8-5-14-3-6-15-7-4-14/h3-4,6-7,13H,5,8-12H2,1-2H3. The molecule has 1 fully saturated rings. The Kier molecular flexibility index (Phi) is 4.51. The molecule has 94 valence electrons. The highest BCUT2D eigenvalue weighted by atomic mass is 15.3. The van der Waals surface area contributed by atoms with E-state index in [1.807, 2.05) is 12.4 Å². The van der Waals surface area contributed by atoms with E-state index in [4.69, 9.17) is 0 Å². The van der Waals surface area contributed by atoms with Gasteiger partial charge in [0.15, 0.2) is 0 Å². The van der Waals surface area contributed by atoms with Crippen LogP contribution < -0.4 is 0 Å². The van der Waals surface area contributed by atoms with Gasteiger partial charge in [0.1, 0.15) is 0 Å². The van der Waals surface area contributed by atoms with Gasteiger partial charge in [-0.15, -0.1) is 0 Å². The average Bonchev–Trinajstić information content (AvgIpc) is 2.38. The first kappa shape index (κ1) is 12.5. The van der Waals surface area contributed by atoms with Gasteiger partial charge in [-0.2, -0.15) is 0 Å². The summed E-state index contributed by atoms with van der Waals surface area (Å²) >= 11 is 0. The first-order chi connectivity index (χ1) is 8.25. The van der Waals surface area contributed by atoms with Crippen molar-refractivity contribution in [3.8, 4) is 0 Å². The van der Waals surface area contributed by atoms with Crippen LogP contribution in [0.3, 0.4) is 0 Å². The SMILES string of the molecule is CC(C)N1CCN(CCc2ccncc2)CC1. The second kappa shape index (κ2) is 6.12. The molecule has 0 atom stereocenters. The molecule has 0 amide bonds. The van der Waals surface area contributed by atoms with Gasteiger partial charge in [0.2, 0.25) is 0 Å². The second-order valence-electron chi connectivity index (χ2n) is 5.08. The van der Waals surface area contributed by atoms with Crippen LogP contribution in [0.15, 0.2) is 24.5 Å². The van der Waals surface area contributed by atoms with Gasteiger partial charge in [-0.25, -0.2) is 0 Å². The zero-order valence-electron chi connectivity index (χ0n) is 11.0. The fourth-order valence-electron chi connectivity index (χ4n) is 2.34. The van der Waals surface area contributed by atoms with Gasteiger partial charge in [-0.3, -0.25) is 9.88 Å². The molecule has 3 nitrogen and oxygen atoms in total. The molecule has 17 heavy (non-hydrogen) atoms. The summed E-state index contributed by atoms with van der Waals surface area (Å²) in [6.45, 7) is 10.6. The van der Waals surface area contributed by atoms with Crippen LogP contribution in [0.5, 0.6) is 0 Å². The predicted molar refractivity (Wildman–Crippen MR) is 71.1 cm³/mol. The fraction of sp³-hybridized carbons (Fsp3) is 0.643. The Morgan fingerprint density at radius 2 is 1.76 bits per heavy atom. The molecule has 0 aromatic carbocycles. The van der Waals surface area contributed by atoms with Gasteiger partial charge >= 0.3 is 0 Å². The lowest BCUT2D eigenvalue weighted by atomic mass is 10.2. The first-order valence-corrected chi connectivity index (χ1v) is 6.61. The molecular formula is C14H23N3. The maximum atomic E-state index is 4.05. The molecule has 2 heterocycles. The van der Waals surface area contributed by atoms with Crippen LogP contribution >= 0.6 is 0 Å². The topological polar surface area (TPSA) is 19.4 Å². The highest BCUT2D eigenvalue weighted by molar-refractivity contribution is 5.09. The van der Waals surface area contributed by atoms with Crippen molar-refractivity contribution in [2.75, 3.05) is 32.7 Å². The van der Waals surface area contributed by atoms with Crippen molar-refractivity contribution in [2.45, 2.75) is 26.3 Å². The number of pyridine rings is 1. The molecule has 0 spiro atoms. The monoisotopic (exact) mass is 233 g/mol. The van der Waals surface area contributed by atoms with E-state index >= 15 is 0 Å². The molecule has 1 aliphatic heterocycles. The number of nitrogens with zero attached hydrogens (tertiary/aromatic N) is 3. The Bertz CT molecular complexity index is 315. The maximum Gasteiger partial charge on any atom is 0.0270 e. The van der Waals surface area contributed by atoms with Crippen molar-refractivity contribution in [3.63, 3.8) is 0 Å². The molecule has 1 aromatic heterocycles. The van der Waals surface area contributed by atoms with E-state index in [0.717, 1.165) is 6.42 Å². The van der Waals surface area contributed by atoms with Crippen molar-refractivity contribution < 1.29 is 0 Å². The Balaban J connectivity index is 1.72. The largest absolute Gasteiger partial charge is 0.300 e. The van der Waals surface area contributed by atoms with Crippen LogP contribution in [0.2, 0.25) is 0 Å². The van der Waals surface area contributed by atoms with Crippen molar-refractivity contribution in [3.05, 3.63) is 30.1 Å². The molecule has 0 saturated carbocycles. The number of rotatable bonds is 4. The third kappa shape index (κ3) is 3.79. The summed E-state index contributed by atoms with van der Waals surface area (Å²) < 4.78 is 0. The van der Waals surface area contributed by atoms with Gasteiger partial charge < -0.3 is 4.90 Å². The molecule has 1 aromatic rings. The van der Waals surface area contributed by atoms with Gasteiger partial charge in [-0.1, -0.05) is 0 Å². The molecule has 0 radical (unpaired) electrons. The van der Waals surface area contributed by atoms with Crippen molar-refractivity contribution >= 4 is 0 Å². The number of aromatic nitrogens is 1. The fourth-order valence-corrected chi connectivity index (χ4v) is 2.34. The molecule has 0 unspecified atom stereocenters. The van der Waals surface area contributed by atoms with E-state index in [-0.39, 0.29) is 0 Å². The summed E-state index contributed by atoms with van der Waals surface area (Å²) in [7, 11) is 0. The number of hydrogen-bond acceptors (Lipinski definition) is 3. The van der Waals surface area contributed by atoms with Crippen LogP contribution in [-0.4, -0.2) is 53.5 Å². The van der Waals surface area contributed by atoms with E-state index in [1.54, 1.807) is 0 Å². The zero-order valence-corrected chi connectivity index (χ0v) is 11.0. The Hall–Kier alpha value is -0.930. The van der Waals surface area contributed by atoms with Crippen LogP contribution in [0.4, 0.5) is 0 Å². The third-order valence-corrected chi connectivity index (χ3v) is 3.60. The Morgan fingerprint density at radius 1 is 1.12 bits per heavy atom. The highest BCUT2D eigenvalue weighted by Gasteiger charge is 2.17. The van der Waals surface area contributed by atoms with Crippen LogP contribution in [0.1, 0.15) is 19.4 Å². The lowest BCUT2D eigenvalue weighted by molar-refractivity contribution is 0.109. The molecule has 1 aliphatic rings. The van der Waals surface area contributed by atoms with E-state index in [0.29, 0.717) is 6.04 Å². The highest BCUT2D eigenvalue weighted by Crippen LogP contribution is 2.07. The maximum absolute atomic E-state index is 4.05. The van der Waals surface area contributed by atoms with E-state index in [9.17, 15) is 0 Å². The van der Waals surface area contributed by atoms with E-state index < -0.39 is 0 Å². The van der Waals surface area contributed by atoms with E-state index in [2.05, 4.69) is 40.8 Å². The average molecular weight is 233 g/mol. The lowest BCUT2D eigenvalue weighted by Crippen LogP contribution is -2.49. The number of hydrogen-bond donors (Lipinski definition) is 0. The smallest absolute Gasteiger partial charge is 0.0270 e. The van der Waals surface area contributed by atoms with Gasteiger partial charge in [0.05, 0.1) is 0 Å². The molecule has 0 bridgehead atoms. The molecule has 0 N–H and O–H groups in total. The van der Waals surface area contributed by atoms with E-state index in [1.165, 1.54) is 38.3 Å². The molecule has 1 saturated heterocycles. The van der Waals surface area contributed by atoms with Crippen LogP contribution in [0, 0.1) is 0 Å².